The Balaban J connectivity index is 1.76. The molecule has 3 saturated carbocycles. The first-order valence-electron chi connectivity index (χ1n) is 11.2. The van der Waals surface area contributed by atoms with Crippen LogP contribution in [0.15, 0.2) is 24.7 Å². The second-order valence-electron chi connectivity index (χ2n) is 9.42. The smallest absolute Gasteiger partial charge is 0.205 e. The highest BCUT2D eigenvalue weighted by Gasteiger charge is 2.70. The van der Waals surface area contributed by atoms with E-state index in [1.54, 1.807) is 14.2 Å². The topological polar surface area (TPSA) is 71.4 Å². The molecule has 0 amide bonds. The predicted molar refractivity (Wildman–Crippen MR) is 110 cm³/mol. The van der Waals surface area contributed by atoms with Crippen LogP contribution in [-0.2, 0) is 14.2 Å². The lowest BCUT2D eigenvalue weighted by molar-refractivity contribution is -0.311. The molecule has 4 aliphatic rings. The first-order chi connectivity index (χ1) is 14.0. The summed E-state index contributed by atoms with van der Waals surface area (Å²) in [6.07, 6.45) is 8.20. The SMILES string of the molecule is C=CC1C[C@@H](N(CCC)CC2CC2)[C@]2(O)CCC(OC)(OC)C3O/C(=C\O)C1C32. The summed E-state index contributed by atoms with van der Waals surface area (Å²) >= 11 is 0. The summed E-state index contributed by atoms with van der Waals surface area (Å²) in [6, 6.07) is 0.0446. The van der Waals surface area contributed by atoms with E-state index in [0.29, 0.717) is 18.6 Å². The third kappa shape index (κ3) is 3.23. The zero-order valence-electron chi connectivity index (χ0n) is 18.0. The van der Waals surface area contributed by atoms with Crippen molar-refractivity contribution in [2.24, 2.45) is 23.7 Å². The lowest BCUT2D eigenvalue weighted by atomic mass is 9.55. The monoisotopic (exact) mass is 407 g/mol. The molecule has 1 aliphatic heterocycles. The number of rotatable bonds is 8. The summed E-state index contributed by atoms with van der Waals surface area (Å²) in [5, 5.41) is 22.2. The van der Waals surface area contributed by atoms with Crippen LogP contribution in [0.4, 0.5) is 0 Å². The van der Waals surface area contributed by atoms with E-state index in [4.69, 9.17) is 14.2 Å². The Kier molecular flexibility index (Phi) is 5.75. The molecule has 6 atom stereocenters. The van der Waals surface area contributed by atoms with E-state index in [1.807, 2.05) is 6.08 Å². The van der Waals surface area contributed by atoms with Crippen molar-refractivity contribution in [3.05, 3.63) is 24.7 Å². The van der Waals surface area contributed by atoms with Crippen molar-refractivity contribution >= 4 is 0 Å². The molecule has 0 spiro atoms. The van der Waals surface area contributed by atoms with Gasteiger partial charge in [0.2, 0.25) is 5.79 Å². The van der Waals surface area contributed by atoms with Crippen LogP contribution in [0.5, 0.6) is 0 Å². The average Bonchev–Trinajstić information content (AvgIpc) is 3.46. The minimum Gasteiger partial charge on any atom is -0.512 e. The van der Waals surface area contributed by atoms with Crippen LogP contribution in [0.3, 0.4) is 0 Å². The molecule has 3 aliphatic carbocycles. The fourth-order valence-corrected chi connectivity index (χ4v) is 6.40. The van der Waals surface area contributed by atoms with E-state index >= 15 is 0 Å². The van der Waals surface area contributed by atoms with Crippen molar-refractivity contribution in [1.82, 2.24) is 4.90 Å². The Morgan fingerprint density at radius 1 is 1.28 bits per heavy atom. The fourth-order valence-electron chi connectivity index (χ4n) is 6.40. The molecule has 4 unspecified atom stereocenters. The Morgan fingerprint density at radius 3 is 2.55 bits per heavy atom. The summed E-state index contributed by atoms with van der Waals surface area (Å²) in [7, 11) is 3.27. The van der Waals surface area contributed by atoms with E-state index in [9.17, 15) is 10.2 Å². The van der Waals surface area contributed by atoms with Crippen LogP contribution in [0, 0.1) is 23.7 Å². The summed E-state index contributed by atoms with van der Waals surface area (Å²) in [5.74, 6) is 0.157. The van der Waals surface area contributed by atoms with Gasteiger partial charge in [-0.25, -0.2) is 0 Å². The standard InChI is InChI=1S/C23H37NO5/c1-5-11-24(13-15-7-8-15)18-12-16(6-2)19-17(14-25)29-21-20(19)22(18,26)9-10-23(21,27-3)28-4/h6,14-16,18-21,25-26H,2,5,7-13H2,1,3-4H3/b17-14-/t16?,18-,19?,20?,21?,22-/m1/s1. The predicted octanol–water partition coefficient (Wildman–Crippen LogP) is 3.23. The van der Waals surface area contributed by atoms with Gasteiger partial charge in [0.05, 0.1) is 5.60 Å². The van der Waals surface area contributed by atoms with Gasteiger partial charge in [-0.15, -0.1) is 6.58 Å². The Hall–Kier alpha value is -1.08. The first-order valence-corrected chi connectivity index (χ1v) is 11.2. The van der Waals surface area contributed by atoms with Crippen LogP contribution < -0.4 is 0 Å². The van der Waals surface area contributed by atoms with E-state index in [0.717, 1.165) is 38.1 Å². The molecule has 0 aromatic rings. The number of hydrogen-bond donors (Lipinski definition) is 2. The first kappa shape index (κ1) is 21.2. The quantitative estimate of drug-likeness (QED) is 0.366. The van der Waals surface area contributed by atoms with Gasteiger partial charge in [0.25, 0.3) is 0 Å². The molecule has 1 saturated heterocycles. The third-order valence-electron chi connectivity index (χ3n) is 7.99. The summed E-state index contributed by atoms with van der Waals surface area (Å²) in [5.41, 5.74) is -0.912. The molecule has 0 aromatic carbocycles. The molecule has 6 nitrogen and oxygen atoms in total. The Morgan fingerprint density at radius 2 is 2.00 bits per heavy atom. The van der Waals surface area contributed by atoms with Gasteiger partial charge in [-0.1, -0.05) is 13.0 Å². The third-order valence-corrected chi connectivity index (χ3v) is 7.99. The second-order valence-corrected chi connectivity index (χ2v) is 9.42. The van der Waals surface area contributed by atoms with Crippen molar-refractivity contribution in [3.63, 3.8) is 0 Å². The molecule has 2 N–H and O–H groups in total. The minimum absolute atomic E-state index is 0.0446. The van der Waals surface area contributed by atoms with Gasteiger partial charge in [0.15, 0.2) is 6.10 Å². The van der Waals surface area contributed by atoms with Gasteiger partial charge in [-0.2, -0.15) is 0 Å². The molecule has 0 aromatic heterocycles. The maximum atomic E-state index is 12.2. The lowest BCUT2D eigenvalue weighted by Crippen LogP contribution is -2.70. The van der Waals surface area contributed by atoms with Gasteiger partial charge >= 0.3 is 0 Å². The number of hydrogen-bond acceptors (Lipinski definition) is 6. The fraction of sp³-hybridized carbons (Fsp3) is 0.826. The largest absolute Gasteiger partial charge is 0.512 e. The maximum Gasteiger partial charge on any atom is 0.205 e. The molecule has 6 heteroatoms. The van der Waals surface area contributed by atoms with Crippen LogP contribution in [-0.4, -0.2) is 66.0 Å². The van der Waals surface area contributed by atoms with Crippen molar-refractivity contribution in [2.45, 2.75) is 69.0 Å². The van der Waals surface area contributed by atoms with Crippen molar-refractivity contribution in [2.75, 3.05) is 27.3 Å². The normalized spacial score (nSPS) is 42.0. The highest BCUT2D eigenvalue weighted by molar-refractivity contribution is 5.25. The zero-order valence-corrected chi connectivity index (χ0v) is 18.0. The van der Waals surface area contributed by atoms with Gasteiger partial charge in [0, 0.05) is 45.1 Å². The van der Waals surface area contributed by atoms with E-state index in [-0.39, 0.29) is 23.8 Å². The lowest BCUT2D eigenvalue weighted by Gasteiger charge is -2.58. The molecule has 0 bridgehead atoms. The summed E-state index contributed by atoms with van der Waals surface area (Å²) in [4.78, 5) is 2.52. The van der Waals surface area contributed by atoms with Gasteiger partial charge < -0.3 is 24.4 Å². The van der Waals surface area contributed by atoms with Crippen LogP contribution >= 0.6 is 0 Å². The number of ether oxygens (including phenoxy) is 3. The molecule has 0 radical (unpaired) electrons. The number of nitrogens with zero attached hydrogens (tertiary/aromatic N) is 1. The average molecular weight is 408 g/mol. The number of allylic oxidation sites excluding steroid dienone is 2. The maximum absolute atomic E-state index is 12.2. The van der Waals surface area contributed by atoms with Gasteiger partial charge in [-0.05, 0) is 50.5 Å². The van der Waals surface area contributed by atoms with Crippen LogP contribution in [0.1, 0.15) is 45.4 Å². The van der Waals surface area contributed by atoms with Crippen molar-refractivity contribution in [1.29, 1.82) is 0 Å². The zero-order chi connectivity index (χ0) is 20.8. The number of aliphatic hydroxyl groups excluding tert-OH is 1. The van der Waals surface area contributed by atoms with Crippen LogP contribution in [0.25, 0.3) is 0 Å². The van der Waals surface area contributed by atoms with E-state index in [1.165, 1.54) is 12.8 Å². The molecule has 1 heterocycles. The minimum atomic E-state index is -0.917. The molecular formula is C23H37NO5. The number of aliphatic hydroxyl groups is 2. The van der Waals surface area contributed by atoms with Crippen molar-refractivity contribution in [3.8, 4) is 0 Å². The van der Waals surface area contributed by atoms with E-state index in [2.05, 4.69) is 18.4 Å². The number of methoxy groups -OCH3 is 2. The summed E-state index contributed by atoms with van der Waals surface area (Å²) in [6.45, 7) is 8.33. The molecule has 29 heavy (non-hydrogen) atoms. The summed E-state index contributed by atoms with van der Waals surface area (Å²) < 4.78 is 17.9. The highest BCUT2D eigenvalue weighted by atomic mass is 16.7. The molecule has 4 fully saturated rings. The molecule has 4 rings (SSSR count). The molecular weight excluding hydrogens is 370 g/mol. The highest BCUT2D eigenvalue weighted by Crippen LogP contribution is 2.61. The van der Waals surface area contributed by atoms with Gasteiger partial charge in [0.1, 0.15) is 12.0 Å². The van der Waals surface area contributed by atoms with E-state index < -0.39 is 17.5 Å². The second kappa shape index (κ2) is 7.88. The Labute approximate surface area is 174 Å². The molecule has 164 valence electrons. The van der Waals surface area contributed by atoms with Gasteiger partial charge in [-0.3, -0.25) is 4.90 Å². The Bertz CT molecular complexity index is 643. The van der Waals surface area contributed by atoms with Crippen LogP contribution in [0.2, 0.25) is 0 Å². The van der Waals surface area contributed by atoms with Crippen molar-refractivity contribution < 1.29 is 24.4 Å².